The molecule has 0 spiro atoms. The van der Waals surface area contributed by atoms with E-state index in [0.717, 1.165) is 25.9 Å². The Hall–Kier alpha value is -1.92. The van der Waals surface area contributed by atoms with Gasteiger partial charge in [0.1, 0.15) is 0 Å². The summed E-state index contributed by atoms with van der Waals surface area (Å²) in [4.78, 5) is 20.0. The number of nitro groups is 1. The third-order valence-corrected chi connectivity index (χ3v) is 2.75. The lowest BCUT2D eigenvalue weighted by Crippen LogP contribution is -2.31. The zero-order chi connectivity index (χ0) is 12.3. The fraction of sp³-hybridized carbons (Fsp3) is 0.600. The number of rotatable bonds is 3. The van der Waals surface area contributed by atoms with Gasteiger partial charge in [-0.2, -0.15) is 0 Å². The third kappa shape index (κ3) is 2.80. The van der Waals surface area contributed by atoms with E-state index in [-0.39, 0.29) is 11.4 Å². The molecule has 1 aliphatic rings. The maximum atomic E-state index is 10.4. The summed E-state index contributed by atoms with van der Waals surface area (Å²) in [6, 6.07) is 0. The summed E-state index contributed by atoms with van der Waals surface area (Å²) in [5.41, 5.74) is 0.0746. The van der Waals surface area contributed by atoms with E-state index in [9.17, 15) is 15.2 Å². The largest absolute Gasteiger partial charge is 0.504 e. The van der Waals surface area contributed by atoms with Crippen LogP contribution in [-0.4, -0.2) is 33.1 Å². The molecule has 0 aromatic carbocycles. The summed E-state index contributed by atoms with van der Waals surface area (Å²) in [6.45, 7) is 1.25. The molecule has 1 fully saturated rings. The van der Waals surface area contributed by atoms with Gasteiger partial charge in [-0.3, -0.25) is 10.1 Å². The molecule has 92 valence electrons. The van der Waals surface area contributed by atoms with Crippen molar-refractivity contribution in [2.45, 2.75) is 25.8 Å². The average molecular weight is 238 g/mol. The molecule has 0 radical (unpaired) electrons. The molecule has 1 N–H and O–H groups in total. The van der Waals surface area contributed by atoms with Gasteiger partial charge in [0.15, 0.2) is 11.4 Å². The van der Waals surface area contributed by atoms with Crippen molar-refractivity contribution in [3.05, 3.63) is 22.0 Å². The van der Waals surface area contributed by atoms with Crippen molar-refractivity contribution in [1.29, 1.82) is 0 Å². The Morgan fingerprint density at radius 1 is 1.41 bits per heavy atom. The van der Waals surface area contributed by atoms with Crippen molar-refractivity contribution < 1.29 is 10.0 Å². The maximum Gasteiger partial charge on any atom is 0.249 e. The molecule has 0 unspecified atom stereocenters. The molecule has 1 aromatic heterocycles. The molecule has 0 atom stereocenters. The molecule has 17 heavy (non-hydrogen) atoms. The number of aromatic nitrogens is 2. The van der Waals surface area contributed by atoms with E-state index in [0.29, 0.717) is 5.95 Å². The lowest BCUT2D eigenvalue weighted by Gasteiger charge is -2.26. The second-order valence-corrected chi connectivity index (χ2v) is 4.04. The van der Waals surface area contributed by atoms with E-state index in [1.165, 1.54) is 12.6 Å². The van der Waals surface area contributed by atoms with Crippen molar-refractivity contribution in [2.75, 3.05) is 18.0 Å². The lowest BCUT2D eigenvalue weighted by molar-refractivity contribution is -0.497. The van der Waals surface area contributed by atoms with Gasteiger partial charge < -0.3 is 10.0 Å². The van der Waals surface area contributed by atoms with Gasteiger partial charge in [0.25, 0.3) is 0 Å². The maximum absolute atomic E-state index is 10.4. The topological polar surface area (TPSA) is 92.4 Å². The predicted octanol–water partition coefficient (Wildman–Crippen LogP) is 0.949. The molecule has 2 rings (SSSR count). The SMILES string of the molecule is O=[N+]([O-])Cc1nc(N2CCCCC2)ncc1O. The average Bonchev–Trinajstić information content (AvgIpc) is 2.32. The van der Waals surface area contributed by atoms with Gasteiger partial charge in [-0.15, -0.1) is 0 Å². The zero-order valence-electron chi connectivity index (χ0n) is 9.37. The molecule has 1 aliphatic heterocycles. The highest BCUT2D eigenvalue weighted by Crippen LogP contribution is 2.20. The number of anilines is 1. The van der Waals surface area contributed by atoms with Gasteiger partial charge in [0, 0.05) is 18.0 Å². The Balaban J connectivity index is 2.20. The minimum absolute atomic E-state index is 0.0746. The van der Waals surface area contributed by atoms with Crippen molar-refractivity contribution in [2.24, 2.45) is 0 Å². The van der Waals surface area contributed by atoms with Crippen LogP contribution in [0.5, 0.6) is 5.75 Å². The van der Waals surface area contributed by atoms with Gasteiger partial charge in [-0.25, -0.2) is 9.97 Å². The highest BCUT2D eigenvalue weighted by Gasteiger charge is 2.17. The Morgan fingerprint density at radius 2 is 2.12 bits per heavy atom. The van der Waals surface area contributed by atoms with Crippen LogP contribution in [0.3, 0.4) is 0 Å². The molecule has 1 saturated heterocycles. The first-order valence-electron chi connectivity index (χ1n) is 5.58. The fourth-order valence-electron chi connectivity index (χ4n) is 1.89. The van der Waals surface area contributed by atoms with E-state index in [1.807, 2.05) is 4.90 Å². The minimum atomic E-state index is -0.512. The van der Waals surface area contributed by atoms with Crippen LogP contribution in [0.25, 0.3) is 0 Å². The number of hydrogen-bond donors (Lipinski definition) is 1. The summed E-state index contributed by atoms with van der Waals surface area (Å²) < 4.78 is 0. The Bertz CT molecular complexity index is 418. The first-order valence-corrected chi connectivity index (χ1v) is 5.58. The van der Waals surface area contributed by atoms with E-state index in [1.54, 1.807) is 0 Å². The summed E-state index contributed by atoms with van der Waals surface area (Å²) in [7, 11) is 0. The molecule has 0 amide bonds. The zero-order valence-corrected chi connectivity index (χ0v) is 9.37. The number of piperidine rings is 1. The normalized spacial score (nSPS) is 15.9. The van der Waals surface area contributed by atoms with Gasteiger partial charge in [0.2, 0.25) is 12.5 Å². The quantitative estimate of drug-likeness (QED) is 0.622. The van der Waals surface area contributed by atoms with Crippen molar-refractivity contribution in [3.63, 3.8) is 0 Å². The Morgan fingerprint density at radius 3 is 2.76 bits per heavy atom. The number of aromatic hydroxyl groups is 1. The third-order valence-electron chi connectivity index (χ3n) is 2.75. The molecule has 7 heteroatoms. The second-order valence-electron chi connectivity index (χ2n) is 4.04. The van der Waals surface area contributed by atoms with Crippen LogP contribution in [0.1, 0.15) is 25.0 Å². The summed E-state index contributed by atoms with van der Waals surface area (Å²) in [5, 5.41) is 19.9. The Kier molecular flexibility index (Phi) is 3.36. The van der Waals surface area contributed by atoms with E-state index >= 15 is 0 Å². The van der Waals surface area contributed by atoms with Crippen LogP contribution < -0.4 is 4.90 Å². The molecule has 1 aromatic rings. The molecule has 0 bridgehead atoms. The Labute approximate surface area is 98.3 Å². The predicted molar refractivity (Wildman–Crippen MR) is 60.5 cm³/mol. The highest BCUT2D eigenvalue weighted by atomic mass is 16.6. The summed E-state index contributed by atoms with van der Waals surface area (Å²) >= 11 is 0. The van der Waals surface area contributed by atoms with Crippen molar-refractivity contribution >= 4 is 5.95 Å². The van der Waals surface area contributed by atoms with Crippen LogP contribution >= 0.6 is 0 Å². The van der Waals surface area contributed by atoms with Crippen LogP contribution in [-0.2, 0) is 6.54 Å². The van der Waals surface area contributed by atoms with E-state index in [2.05, 4.69) is 9.97 Å². The minimum Gasteiger partial charge on any atom is -0.504 e. The van der Waals surface area contributed by atoms with Crippen molar-refractivity contribution in [1.82, 2.24) is 9.97 Å². The lowest BCUT2D eigenvalue weighted by atomic mass is 10.1. The number of hydrogen-bond acceptors (Lipinski definition) is 6. The van der Waals surface area contributed by atoms with Crippen molar-refractivity contribution in [3.8, 4) is 5.75 Å². The molecular formula is C10H14N4O3. The molecule has 0 aliphatic carbocycles. The van der Waals surface area contributed by atoms with Gasteiger partial charge in [0.05, 0.1) is 6.20 Å². The van der Waals surface area contributed by atoms with E-state index in [4.69, 9.17) is 0 Å². The van der Waals surface area contributed by atoms with E-state index < -0.39 is 11.5 Å². The first kappa shape index (κ1) is 11.6. The standard InChI is InChI=1S/C10H14N4O3/c15-9-6-11-10(12-8(9)7-14(16)17)13-4-2-1-3-5-13/h6,15H,1-5,7H2. The van der Waals surface area contributed by atoms with Gasteiger partial charge in [-0.05, 0) is 19.3 Å². The van der Waals surface area contributed by atoms with Gasteiger partial charge >= 0.3 is 0 Å². The molecule has 2 heterocycles. The van der Waals surface area contributed by atoms with Gasteiger partial charge in [-0.1, -0.05) is 0 Å². The molecule has 7 nitrogen and oxygen atoms in total. The smallest absolute Gasteiger partial charge is 0.249 e. The first-order chi connectivity index (χ1) is 8.16. The summed E-state index contributed by atoms with van der Waals surface area (Å²) in [6.07, 6.45) is 4.58. The molecule has 0 saturated carbocycles. The van der Waals surface area contributed by atoms with Crippen LogP contribution in [0.2, 0.25) is 0 Å². The number of nitrogens with zero attached hydrogens (tertiary/aromatic N) is 4. The van der Waals surface area contributed by atoms with Crippen LogP contribution in [0, 0.1) is 10.1 Å². The second kappa shape index (κ2) is 4.94. The summed E-state index contributed by atoms with van der Waals surface area (Å²) in [5.74, 6) is 0.252. The highest BCUT2D eigenvalue weighted by molar-refractivity contribution is 5.35. The monoisotopic (exact) mass is 238 g/mol. The van der Waals surface area contributed by atoms with Crippen LogP contribution in [0.4, 0.5) is 5.95 Å². The van der Waals surface area contributed by atoms with Crippen LogP contribution in [0.15, 0.2) is 6.20 Å². The molecular weight excluding hydrogens is 224 g/mol. The fourth-order valence-corrected chi connectivity index (χ4v) is 1.89.